The summed E-state index contributed by atoms with van der Waals surface area (Å²) in [7, 11) is 5.56. The lowest BCUT2D eigenvalue weighted by atomic mass is 9.82. The molecule has 1 heterocycles. The van der Waals surface area contributed by atoms with Gasteiger partial charge in [-0.3, -0.25) is 4.21 Å². The number of quaternary nitrogens is 1. The monoisotopic (exact) mass is 336 g/mol. The van der Waals surface area contributed by atoms with Crippen LogP contribution in [0, 0.1) is 5.92 Å². The number of rotatable bonds is 4. The minimum Gasteiger partial charge on any atom is -0.347 e. The Labute approximate surface area is 143 Å². The van der Waals surface area contributed by atoms with E-state index in [9.17, 15) is 4.21 Å². The van der Waals surface area contributed by atoms with E-state index in [0.717, 1.165) is 29.4 Å². The van der Waals surface area contributed by atoms with Gasteiger partial charge in [0.1, 0.15) is 12.6 Å². The van der Waals surface area contributed by atoms with Crippen LogP contribution >= 0.6 is 0 Å². The highest BCUT2D eigenvalue weighted by Crippen LogP contribution is 2.48. The van der Waals surface area contributed by atoms with Crippen LogP contribution in [-0.4, -0.2) is 48.2 Å². The van der Waals surface area contributed by atoms with E-state index in [4.69, 9.17) is 4.74 Å². The van der Waals surface area contributed by atoms with Crippen LogP contribution < -0.4 is 0 Å². The van der Waals surface area contributed by atoms with Gasteiger partial charge in [0.25, 0.3) is 0 Å². The highest BCUT2D eigenvalue weighted by atomic mass is 32.2. The van der Waals surface area contributed by atoms with Crippen LogP contribution in [0.15, 0.2) is 30.3 Å². The molecule has 2 fully saturated rings. The van der Waals surface area contributed by atoms with Gasteiger partial charge in [-0.15, -0.1) is 0 Å². The summed E-state index contributed by atoms with van der Waals surface area (Å²) in [6.07, 6.45) is 6.13. The molecule has 128 valence electrons. The molecule has 1 aliphatic heterocycles. The Morgan fingerprint density at radius 3 is 2.39 bits per heavy atom. The Bertz CT molecular complexity index is 548. The Kier molecular flexibility index (Phi) is 4.96. The maximum atomic E-state index is 13.3. The third-order valence-corrected chi connectivity index (χ3v) is 7.10. The van der Waals surface area contributed by atoms with Crippen molar-refractivity contribution in [1.29, 1.82) is 0 Å². The van der Waals surface area contributed by atoms with Crippen molar-refractivity contribution in [1.82, 2.24) is 0 Å². The van der Waals surface area contributed by atoms with Crippen molar-refractivity contribution in [2.75, 3.05) is 33.4 Å². The van der Waals surface area contributed by atoms with Crippen LogP contribution in [0.5, 0.6) is 0 Å². The maximum Gasteiger partial charge on any atom is 0.171 e. The molecular formula is C19H30NO2S+. The van der Waals surface area contributed by atoms with E-state index in [1.807, 2.05) is 18.2 Å². The lowest BCUT2D eigenvalue weighted by Crippen LogP contribution is -2.44. The summed E-state index contributed by atoms with van der Waals surface area (Å²) in [5.41, 5.74) is 1.12. The molecule has 0 radical (unpaired) electrons. The number of ether oxygens (including phenoxy) is 1. The quantitative estimate of drug-likeness (QED) is 0.789. The highest BCUT2D eigenvalue weighted by Gasteiger charge is 2.54. The fourth-order valence-electron chi connectivity index (χ4n) is 4.20. The maximum absolute atomic E-state index is 13.3. The molecule has 1 saturated heterocycles. The van der Waals surface area contributed by atoms with Crippen LogP contribution in [0.1, 0.15) is 37.7 Å². The normalized spacial score (nSPS) is 33.0. The van der Waals surface area contributed by atoms with E-state index in [0.29, 0.717) is 11.7 Å². The molecule has 1 saturated carbocycles. The minimum atomic E-state index is -0.965. The molecule has 0 amide bonds. The molecular weight excluding hydrogens is 306 g/mol. The zero-order valence-corrected chi connectivity index (χ0v) is 15.5. The van der Waals surface area contributed by atoms with Crippen molar-refractivity contribution in [3.63, 3.8) is 0 Å². The second kappa shape index (κ2) is 6.66. The molecule has 3 nitrogen and oxygen atoms in total. The SMILES string of the molecule is C[N+](C)(C)C[C@@H]1C[S@](=O)[C@](c2ccccc2)(C2CCCCC2)O1. The van der Waals surface area contributed by atoms with Crippen molar-refractivity contribution in [2.24, 2.45) is 5.92 Å². The van der Waals surface area contributed by atoms with Crippen molar-refractivity contribution in [2.45, 2.75) is 43.1 Å². The van der Waals surface area contributed by atoms with Gasteiger partial charge in [0.2, 0.25) is 0 Å². The number of nitrogens with zero attached hydrogens (tertiary/aromatic N) is 1. The summed E-state index contributed by atoms with van der Waals surface area (Å²) in [6.45, 7) is 0.910. The summed E-state index contributed by atoms with van der Waals surface area (Å²) < 4.78 is 20.8. The second-order valence-electron chi connectivity index (χ2n) is 8.09. The van der Waals surface area contributed by atoms with Gasteiger partial charge in [-0.1, -0.05) is 49.6 Å². The lowest BCUT2D eigenvalue weighted by Gasteiger charge is -2.39. The molecule has 1 aromatic carbocycles. The fraction of sp³-hybridized carbons (Fsp3) is 0.684. The topological polar surface area (TPSA) is 26.3 Å². The van der Waals surface area contributed by atoms with Crippen molar-refractivity contribution >= 4 is 10.8 Å². The number of likely N-dealkylation sites (N-methyl/N-ethyl adjacent to an activating group) is 1. The lowest BCUT2D eigenvalue weighted by molar-refractivity contribution is -0.873. The second-order valence-corrected chi connectivity index (χ2v) is 9.72. The summed E-state index contributed by atoms with van der Waals surface area (Å²) in [6, 6.07) is 10.3. The standard InChI is InChI=1S/C19H30NO2S/c1-20(2,3)14-18-15-23(21)19(22-18,16-10-6-4-7-11-16)17-12-8-5-9-13-17/h4,6-7,10-11,17-18H,5,8-9,12-15H2,1-3H3/q+1/t18-,19-,23+/m1/s1. The van der Waals surface area contributed by atoms with Gasteiger partial charge in [-0.2, -0.15) is 0 Å². The first-order valence-electron chi connectivity index (χ1n) is 8.84. The number of hydrogen-bond acceptors (Lipinski definition) is 2. The van der Waals surface area contributed by atoms with Crippen LogP contribution in [0.2, 0.25) is 0 Å². The van der Waals surface area contributed by atoms with Crippen molar-refractivity contribution < 1.29 is 13.4 Å². The predicted octanol–water partition coefficient (Wildman–Crippen LogP) is 3.27. The van der Waals surface area contributed by atoms with Crippen LogP contribution in [0.4, 0.5) is 0 Å². The summed E-state index contributed by atoms with van der Waals surface area (Å²) in [4.78, 5) is -0.582. The largest absolute Gasteiger partial charge is 0.347 e. The van der Waals surface area contributed by atoms with Gasteiger partial charge in [-0.25, -0.2) is 0 Å². The summed E-state index contributed by atoms with van der Waals surface area (Å²) in [5.74, 6) is 1.05. The molecule has 2 aliphatic rings. The summed E-state index contributed by atoms with van der Waals surface area (Å²) in [5, 5.41) is 0. The highest BCUT2D eigenvalue weighted by molar-refractivity contribution is 7.86. The average molecular weight is 337 g/mol. The molecule has 0 unspecified atom stereocenters. The Morgan fingerprint density at radius 2 is 1.78 bits per heavy atom. The van der Waals surface area contributed by atoms with Crippen LogP contribution in [0.25, 0.3) is 0 Å². The average Bonchev–Trinajstić information content (AvgIpc) is 2.84. The van der Waals surface area contributed by atoms with E-state index in [2.05, 4.69) is 33.3 Å². The van der Waals surface area contributed by atoms with Crippen molar-refractivity contribution in [3.8, 4) is 0 Å². The molecule has 23 heavy (non-hydrogen) atoms. The van der Waals surface area contributed by atoms with Gasteiger partial charge in [0.15, 0.2) is 4.93 Å². The predicted molar refractivity (Wildman–Crippen MR) is 95.5 cm³/mol. The molecule has 0 spiro atoms. The van der Waals surface area contributed by atoms with Crippen LogP contribution in [-0.2, 0) is 20.5 Å². The van der Waals surface area contributed by atoms with Gasteiger partial charge in [-0.05, 0) is 18.4 Å². The number of hydrogen-bond donors (Lipinski definition) is 0. The van der Waals surface area contributed by atoms with Gasteiger partial charge in [0, 0.05) is 5.92 Å². The Hall–Kier alpha value is -0.710. The van der Waals surface area contributed by atoms with Gasteiger partial charge < -0.3 is 9.22 Å². The zero-order valence-electron chi connectivity index (χ0n) is 14.7. The van der Waals surface area contributed by atoms with E-state index >= 15 is 0 Å². The van der Waals surface area contributed by atoms with E-state index in [-0.39, 0.29) is 6.10 Å². The number of benzene rings is 1. The third kappa shape index (κ3) is 3.54. The van der Waals surface area contributed by atoms with Crippen molar-refractivity contribution in [3.05, 3.63) is 35.9 Å². The first-order valence-corrected chi connectivity index (χ1v) is 10.2. The molecule has 1 aromatic rings. The Balaban J connectivity index is 1.94. The third-order valence-electron chi connectivity index (χ3n) is 5.09. The van der Waals surface area contributed by atoms with Gasteiger partial charge in [0.05, 0.1) is 37.7 Å². The molecule has 4 heteroatoms. The first kappa shape index (κ1) is 17.1. The molecule has 3 atom stereocenters. The zero-order chi connectivity index (χ0) is 16.5. The fourth-order valence-corrected chi connectivity index (χ4v) is 6.21. The molecule has 0 N–H and O–H groups in total. The molecule has 0 aromatic heterocycles. The molecule has 3 rings (SSSR count). The minimum absolute atomic E-state index is 0.0814. The van der Waals surface area contributed by atoms with E-state index in [1.54, 1.807) is 0 Å². The smallest absolute Gasteiger partial charge is 0.171 e. The Morgan fingerprint density at radius 1 is 1.13 bits per heavy atom. The first-order chi connectivity index (χ1) is 10.9. The summed E-state index contributed by atoms with van der Waals surface area (Å²) >= 11 is 0. The van der Waals surface area contributed by atoms with E-state index < -0.39 is 15.7 Å². The van der Waals surface area contributed by atoms with Gasteiger partial charge >= 0.3 is 0 Å². The molecule has 1 aliphatic carbocycles. The van der Waals surface area contributed by atoms with E-state index in [1.165, 1.54) is 19.3 Å². The molecule has 0 bridgehead atoms. The van der Waals surface area contributed by atoms with Crippen LogP contribution in [0.3, 0.4) is 0 Å².